The predicted molar refractivity (Wildman–Crippen MR) is 110 cm³/mol. The van der Waals surface area contributed by atoms with Crippen LogP contribution in [0.5, 0.6) is 0 Å². The topological polar surface area (TPSA) is 129 Å². The minimum absolute atomic E-state index is 0.0259. The third-order valence-electron chi connectivity index (χ3n) is 6.23. The van der Waals surface area contributed by atoms with Gasteiger partial charge in [-0.3, -0.25) is 28.7 Å². The number of rotatable bonds is 7. The number of hydrogen-bond donors (Lipinski definition) is 1. The molecule has 1 saturated carbocycles. The Labute approximate surface area is 190 Å². The SMILES string of the molecule is NC(=O)c1nn(CC(=O)N2[C@@H]3C[C@@H]3C[C@H]2C(=O)Cc2ccn(CC(F)(F)F)n2)c2cnccc12. The number of carbonyl (C=O) groups is 3. The molecule has 3 aromatic rings. The number of nitrogens with two attached hydrogens (primary N) is 1. The molecule has 0 radical (unpaired) electrons. The Morgan fingerprint density at radius 2 is 1.94 bits per heavy atom. The van der Waals surface area contributed by atoms with Gasteiger partial charge in [0, 0.05) is 23.8 Å². The van der Waals surface area contributed by atoms with Gasteiger partial charge in [-0.1, -0.05) is 0 Å². The highest BCUT2D eigenvalue weighted by Crippen LogP contribution is 2.48. The zero-order valence-electron chi connectivity index (χ0n) is 17.8. The number of piperidine rings is 1. The van der Waals surface area contributed by atoms with Gasteiger partial charge in [0.15, 0.2) is 11.5 Å². The number of hydrogen-bond acceptors (Lipinski definition) is 6. The number of halogens is 3. The van der Waals surface area contributed by atoms with Gasteiger partial charge < -0.3 is 10.6 Å². The number of pyridine rings is 1. The number of aromatic nitrogens is 5. The average molecular weight is 475 g/mol. The summed E-state index contributed by atoms with van der Waals surface area (Å²) in [5.41, 5.74) is 6.11. The Kier molecular flexibility index (Phi) is 5.14. The molecule has 0 aromatic carbocycles. The molecule has 0 bridgehead atoms. The van der Waals surface area contributed by atoms with Crippen molar-refractivity contribution in [2.24, 2.45) is 11.7 Å². The second kappa shape index (κ2) is 7.92. The number of ketones is 1. The summed E-state index contributed by atoms with van der Waals surface area (Å²) in [4.78, 5) is 43.5. The second-order valence-corrected chi connectivity index (χ2v) is 8.64. The van der Waals surface area contributed by atoms with Gasteiger partial charge >= 0.3 is 6.18 Å². The van der Waals surface area contributed by atoms with Crippen molar-refractivity contribution in [2.75, 3.05) is 0 Å². The number of likely N-dealkylation sites (tertiary alicyclic amines) is 1. The molecule has 4 heterocycles. The number of Topliss-reactive ketones (excluding diaryl/α,β-unsaturated/α-hetero) is 1. The molecule has 5 rings (SSSR count). The molecule has 10 nitrogen and oxygen atoms in total. The fraction of sp³-hybridized carbons (Fsp3) is 0.429. The zero-order chi connectivity index (χ0) is 24.2. The summed E-state index contributed by atoms with van der Waals surface area (Å²) in [6, 6.07) is 2.22. The number of nitrogens with zero attached hydrogens (tertiary/aromatic N) is 6. The smallest absolute Gasteiger partial charge is 0.364 e. The molecule has 2 aliphatic rings. The highest BCUT2D eigenvalue weighted by Gasteiger charge is 2.55. The van der Waals surface area contributed by atoms with Gasteiger partial charge in [-0.2, -0.15) is 23.4 Å². The van der Waals surface area contributed by atoms with Crippen LogP contribution < -0.4 is 5.73 Å². The highest BCUT2D eigenvalue weighted by molar-refractivity contribution is 6.04. The Bertz CT molecular complexity index is 1300. The fourth-order valence-electron chi connectivity index (χ4n) is 4.70. The monoisotopic (exact) mass is 475 g/mol. The molecular formula is C21H20F3N7O3. The summed E-state index contributed by atoms with van der Waals surface area (Å²) in [7, 11) is 0. The molecule has 2 fully saturated rings. The number of amides is 2. The van der Waals surface area contributed by atoms with Gasteiger partial charge in [-0.25, -0.2) is 0 Å². The third kappa shape index (κ3) is 4.13. The first-order valence-corrected chi connectivity index (χ1v) is 10.6. The fourth-order valence-corrected chi connectivity index (χ4v) is 4.70. The Balaban J connectivity index is 1.32. The lowest BCUT2D eigenvalue weighted by atomic mass is 10.0. The van der Waals surface area contributed by atoms with Gasteiger partial charge in [-0.15, -0.1) is 0 Å². The first-order chi connectivity index (χ1) is 16.1. The van der Waals surface area contributed by atoms with Crippen molar-refractivity contribution in [3.05, 3.63) is 42.1 Å². The van der Waals surface area contributed by atoms with Crippen LogP contribution in [0, 0.1) is 5.92 Å². The summed E-state index contributed by atoms with van der Waals surface area (Å²) in [6.45, 7) is -1.44. The number of primary amides is 1. The van der Waals surface area contributed by atoms with Crippen LogP contribution in [0.3, 0.4) is 0 Å². The molecule has 2 amide bonds. The van der Waals surface area contributed by atoms with Gasteiger partial charge in [-0.05, 0) is 30.9 Å². The van der Waals surface area contributed by atoms with Crippen molar-refractivity contribution >= 4 is 28.5 Å². The van der Waals surface area contributed by atoms with Crippen LogP contribution in [-0.4, -0.2) is 65.3 Å². The first-order valence-electron chi connectivity index (χ1n) is 10.6. The van der Waals surface area contributed by atoms with Crippen molar-refractivity contribution < 1.29 is 27.6 Å². The maximum absolute atomic E-state index is 13.2. The third-order valence-corrected chi connectivity index (χ3v) is 6.23. The minimum Gasteiger partial charge on any atom is -0.364 e. The molecule has 2 N–H and O–H groups in total. The first kappa shape index (κ1) is 22.0. The average Bonchev–Trinajstić information content (AvgIpc) is 3.08. The van der Waals surface area contributed by atoms with Crippen LogP contribution in [0.15, 0.2) is 30.7 Å². The maximum atomic E-state index is 13.2. The van der Waals surface area contributed by atoms with E-state index in [1.54, 1.807) is 11.0 Å². The van der Waals surface area contributed by atoms with Gasteiger partial charge in [0.05, 0.1) is 29.9 Å². The van der Waals surface area contributed by atoms with Crippen molar-refractivity contribution in [2.45, 2.75) is 50.6 Å². The van der Waals surface area contributed by atoms with E-state index in [9.17, 15) is 27.6 Å². The number of carbonyl (C=O) groups excluding carboxylic acids is 3. The van der Waals surface area contributed by atoms with Crippen molar-refractivity contribution in [1.29, 1.82) is 0 Å². The Morgan fingerprint density at radius 3 is 2.68 bits per heavy atom. The zero-order valence-corrected chi connectivity index (χ0v) is 17.8. The summed E-state index contributed by atoms with van der Waals surface area (Å²) < 4.78 is 39.8. The Morgan fingerprint density at radius 1 is 1.15 bits per heavy atom. The molecule has 178 valence electrons. The van der Waals surface area contributed by atoms with E-state index in [4.69, 9.17) is 5.73 Å². The lowest BCUT2D eigenvalue weighted by molar-refractivity contribution is -0.142. The lowest BCUT2D eigenvalue weighted by Gasteiger charge is -2.26. The van der Waals surface area contributed by atoms with Gasteiger partial charge in [0.2, 0.25) is 5.91 Å². The standard InChI is InChI=1S/C21H20F3N7O3/c22-21(23,24)10-29-4-2-12(27-29)7-17(32)15-6-11-5-14(11)31(15)18(33)9-30-16-8-26-3-1-13(16)19(28-30)20(25)34/h1-4,8,11,14-15H,5-7,9-10H2,(H2,25,34)/t11-,14-,15+/m1/s1. The number of alkyl halides is 3. The summed E-state index contributed by atoms with van der Waals surface area (Å²) in [5.74, 6) is -1.13. The molecular weight excluding hydrogens is 455 g/mol. The second-order valence-electron chi connectivity index (χ2n) is 8.64. The molecule has 3 atom stereocenters. The van der Waals surface area contributed by atoms with Gasteiger partial charge in [0.25, 0.3) is 5.91 Å². The van der Waals surface area contributed by atoms with E-state index < -0.39 is 24.7 Å². The highest BCUT2D eigenvalue weighted by atomic mass is 19.4. The van der Waals surface area contributed by atoms with Crippen LogP contribution in [-0.2, 0) is 29.1 Å². The van der Waals surface area contributed by atoms with E-state index in [-0.39, 0.29) is 48.0 Å². The van der Waals surface area contributed by atoms with E-state index in [2.05, 4.69) is 15.2 Å². The predicted octanol–water partition coefficient (Wildman–Crippen LogP) is 1.09. The number of fused-ring (bicyclic) bond motifs is 2. The van der Waals surface area contributed by atoms with Crippen LogP contribution in [0.2, 0.25) is 0 Å². The largest absolute Gasteiger partial charge is 0.408 e. The molecule has 13 heteroatoms. The molecule has 1 saturated heterocycles. The molecule has 1 aliphatic carbocycles. The van der Waals surface area contributed by atoms with Crippen molar-refractivity contribution in [1.82, 2.24) is 29.4 Å². The molecule has 3 aromatic heterocycles. The molecule has 1 aliphatic heterocycles. The van der Waals surface area contributed by atoms with Crippen molar-refractivity contribution in [3.8, 4) is 0 Å². The summed E-state index contributed by atoms with van der Waals surface area (Å²) >= 11 is 0. The van der Waals surface area contributed by atoms with Crippen LogP contribution >= 0.6 is 0 Å². The summed E-state index contributed by atoms with van der Waals surface area (Å²) in [6.07, 6.45) is 0.867. The van der Waals surface area contributed by atoms with Crippen molar-refractivity contribution in [3.63, 3.8) is 0 Å². The lowest BCUT2D eigenvalue weighted by Crippen LogP contribution is -2.45. The summed E-state index contributed by atoms with van der Waals surface area (Å²) in [5, 5.41) is 8.48. The van der Waals surface area contributed by atoms with E-state index in [0.717, 1.165) is 11.1 Å². The van der Waals surface area contributed by atoms with E-state index in [1.807, 2.05) is 0 Å². The molecule has 34 heavy (non-hydrogen) atoms. The Hall–Kier alpha value is -3.77. The van der Waals surface area contributed by atoms with Crippen LogP contribution in [0.4, 0.5) is 13.2 Å². The molecule has 0 unspecified atom stereocenters. The van der Waals surface area contributed by atoms with Gasteiger partial charge in [0.1, 0.15) is 13.1 Å². The minimum atomic E-state index is -4.41. The quantitative estimate of drug-likeness (QED) is 0.545. The maximum Gasteiger partial charge on any atom is 0.408 e. The van der Waals surface area contributed by atoms with E-state index >= 15 is 0 Å². The van der Waals surface area contributed by atoms with E-state index in [1.165, 1.54) is 29.3 Å². The van der Waals surface area contributed by atoms with E-state index in [0.29, 0.717) is 17.3 Å². The van der Waals surface area contributed by atoms with Crippen LogP contribution in [0.1, 0.15) is 29.0 Å². The normalized spacial score (nSPS) is 21.6. The van der Waals surface area contributed by atoms with Crippen LogP contribution in [0.25, 0.3) is 10.9 Å². The molecule has 0 spiro atoms.